The van der Waals surface area contributed by atoms with Crippen LogP contribution in [-0.4, -0.2) is 62.3 Å². The van der Waals surface area contributed by atoms with Crippen LogP contribution in [0.15, 0.2) is 0 Å². The molecule has 1 unspecified atom stereocenters. The van der Waals surface area contributed by atoms with Gasteiger partial charge in [-0.15, -0.1) is 0 Å². The maximum atomic E-state index is 5.34. The Labute approximate surface area is 81.7 Å². The quantitative estimate of drug-likeness (QED) is 0.600. The van der Waals surface area contributed by atoms with Crippen LogP contribution in [-0.2, 0) is 4.74 Å². The van der Waals surface area contributed by atoms with E-state index in [-0.39, 0.29) is 0 Å². The van der Waals surface area contributed by atoms with Crippen LogP contribution in [0.4, 0.5) is 0 Å². The van der Waals surface area contributed by atoms with Crippen molar-refractivity contribution in [3.8, 4) is 0 Å². The highest BCUT2D eigenvalue weighted by atomic mass is 16.5. The SMILES string of the molecule is CCOCCN1CCN(C)C(C)C1. The van der Waals surface area contributed by atoms with Crippen LogP contribution in [0, 0.1) is 0 Å². The minimum absolute atomic E-state index is 0.690. The van der Waals surface area contributed by atoms with Gasteiger partial charge in [0.1, 0.15) is 0 Å². The van der Waals surface area contributed by atoms with Gasteiger partial charge in [-0.1, -0.05) is 0 Å². The normalized spacial score (nSPS) is 26.5. The van der Waals surface area contributed by atoms with Gasteiger partial charge in [-0.05, 0) is 20.9 Å². The number of hydrogen-bond acceptors (Lipinski definition) is 3. The fourth-order valence-corrected chi connectivity index (χ4v) is 1.66. The Morgan fingerprint density at radius 2 is 2.15 bits per heavy atom. The number of nitrogens with zero attached hydrogens (tertiary/aromatic N) is 2. The van der Waals surface area contributed by atoms with Gasteiger partial charge in [0, 0.05) is 38.8 Å². The first-order valence-electron chi connectivity index (χ1n) is 5.24. The average Bonchev–Trinajstić information content (AvgIpc) is 2.12. The van der Waals surface area contributed by atoms with Crippen LogP contribution in [0.5, 0.6) is 0 Å². The zero-order valence-corrected chi connectivity index (χ0v) is 9.12. The lowest BCUT2D eigenvalue weighted by molar-refractivity contribution is 0.0661. The van der Waals surface area contributed by atoms with Gasteiger partial charge in [-0.2, -0.15) is 0 Å². The summed E-state index contributed by atoms with van der Waals surface area (Å²) in [5.74, 6) is 0. The van der Waals surface area contributed by atoms with Crippen molar-refractivity contribution in [3.05, 3.63) is 0 Å². The lowest BCUT2D eigenvalue weighted by atomic mass is 10.2. The molecule has 1 rings (SSSR count). The van der Waals surface area contributed by atoms with E-state index < -0.39 is 0 Å². The van der Waals surface area contributed by atoms with Gasteiger partial charge in [-0.3, -0.25) is 4.90 Å². The van der Waals surface area contributed by atoms with E-state index in [1.165, 1.54) is 19.6 Å². The number of ether oxygens (including phenoxy) is 1. The summed E-state index contributed by atoms with van der Waals surface area (Å²) in [7, 11) is 2.20. The van der Waals surface area contributed by atoms with Crippen LogP contribution >= 0.6 is 0 Å². The van der Waals surface area contributed by atoms with Gasteiger partial charge in [0.2, 0.25) is 0 Å². The van der Waals surface area contributed by atoms with Crippen molar-refractivity contribution in [1.29, 1.82) is 0 Å². The second-order valence-corrected chi connectivity index (χ2v) is 3.83. The van der Waals surface area contributed by atoms with Crippen molar-refractivity contribution in [1.82, 2.24) is 9.80 Å². The topological polar surface area (TPSA) is 15.7 Å². The van der Waals surface area contributed by atoms with Crippen LogP contribution in [0.25, 0.3) is 0 Å². The first-order chi connectivity index (χ1) is 6.24. The second-order valence-electron chi connectivity index (χ2n) is 3.83. The standard InChI is InChI=1S/C10H22N2O/c1-4-13-8-7-12-6-5-11(3)10(2)9-12/h10H,4-9H2,1-3H3. The molecule has 78 valence electrons. The molecule has 0 aromatic rings. The summed E-state index contributed by atoms with van der Waals surface area (Å²) >= 11 is 0. The summed E-state index contributed by atoms with van der Waals surface area (Å²) in [5, 5.41) is 0. The molecule has 0 aromatic carbocycles. The van der Waals surface area contributed by atoms with E-state index in [1.807, 2.05) is 6.92 Å². The third-order valence-corrected chi connectivity index (χ3v) is 2.80. The molecule has 0 spiro atoms. The maximum absolute atomic E-state index is 5.34. The molecule has 1 heterocycles. The molecule has 1 aliphatic heterocycles. The van der Waals surface area contributed by atoms with Gasteiger partial charge in [0.15, 0.2) is 0 Å². The van der Waals surface area contributed by atoms with E-state index >= 15 is 0 Å². The first kappa shape index (κ1) is 11.0. The van der Waals surface area contributed by atoms with E-state index in [1.54, 1.807) is 0 Å². The summed E-state index contributed by atoms with van der Waals surface area (Å²) in [6.07, 6.45) is 0. The zero-order chi connectivity index (χ0) is 9.68. The Bertz CT molecular complexity index is 141. The molecule has 13 heavy (non-hydrogen) atoms. The molecule has 0 amide bonds. The van der Waals surface area contributed by atoms with Crippen molar-refractivity contribution in [2.45, 2.75) is 19.9 Å². The van der Waals surface area contributed by atoms with Gasteiger partial charge in [-0.25, -0.2) is 0 Å². The molecule has 3 nitrogen and oxygen atoms in total. The van der Waals surface area contributed by atoms with Crippen LogP contribution < -0.4 is 0 Å². The van der Waals surface area contributed by atoms with Crippen molar-refractivity contribution in [3.63, 3.8) is 0 Å². The van der Waals surface area contributed by atoms with Crippen molar-refractivity contribution >= 4 is 0 Å². The fraction of sp³-hybridized carbons (Fsp3) is 1.00. The molecule has 3 heteroatoms. The van der Waals surface area contributed by atoms with E-state index in [4.69, 9.17) is 4.74 Å². The summed E-state index contributed by atoms with van der Waals surface area (Å²) < 4.78 is 5.34. The molecule has 0 saturated carbocycles. The largest absolute Gasteiger partial charge is 0.380 e. The zero-order valence-electron chi connectivity index (χ0n) is 9.12. The Morgan fingerprint density at radius 1 is 1.38 bits per heavy atom. The highest BCUT2D eigenvalue weighted by Crippen LogP contribution is 2.05. The summed E-state index contributed by atoms with van der Waals surface area (Å²) in [4.78, 5) is 4.90. The molecule has 0 aliphatic carbocycles. The Kier molecular flexibility index (Phi) is 4.70. The van der Waals surface area contributed by atoms with E-state index in [9.17, 15) is 0 Å². The van der Waals surface area contributed by atoms with Gasteiger partial charge >= 0.3 is 0 Å². The highest BCUT2D eigenvalue weighted by molar-refractivity contribution is 4.76. The summed E-state index contributed by atoms with van der Waals surface area (Å²) in [6, 6.07) is 0.690. The van der Waals surface area contributed by atoms with Crippen molar-refractivity contribution in [2.75, 3.05) is 46.4 Å². The van der Waals surface area contributed by atoms with E-state index in [0.29, 0.717) is 6.04 Å². The molecule has 1 atom stereocenters. The molecule has 1 aliphatic rings. The number of rotatable bonds is 4. The smallest absolute Gasteiger partial charge is 0.0593 e. The van der Waals surface area contributed by atoms with Crippen molar-refractivity contribution in [2.24, 2.45) is 0 Å². The molecular weight excluding hydrogens is 164 g/mol. The van der Waals surface area contributed by atoms with Crippen LogP contribution in [0.2, 0.25) is 0 Å². The lowest BCUT2D eigenvalue weighted by Crippen LogP contribution is -2.50. The Hall–Kier alpha value is -0.120. The molecular formula is C10H22N2O. The predicted molar refractivity (Wildman–Crippen MR) is 55.0 cm³/mol. The maximum Gasteiger partial charge on any atom is 0.0593 e. The average molecular weight is 186 g/mol. The highest BCUT2D eigenvalue weighted by Gasteiger charge is 2.19. The number of piperazine rings is 1. The number of likely N-dealkylation sites (N-methyl/N-ethyl adjacent to an activating group) is 1. The molecule has 1 saturated heterocycles. The Morgan fingerprint density at radius 3 is 2.77 bits per heavy atom. The molecule has 0 N–H and O–H groups in total. The van der Waals surface area contributed by atoms with Crippen molar-refractivity contribution < 1.29 is 4.74 Å². The van der Waals surface area contributed by atoms with Crippen LogP contribution in [0.1, 0.15) is 13.8 Å². The minimum atomic E-state index is 0.690. The van der Waals surface area contributed by atoms with E-state index in [2.05, 4.69) is 23.8 Å². The minimum Gasteiger partial charge on any atom is -0.380 e. The molecule has 0 aromatic heterocycles. The van der Waals surface area contributed by atoms with E-state index in [0.717, 1.165) is 19.8 Å². The second kappa shape index (κ2) is 5.58. The molecule has 0 radical (unpaired) electrons. The Balaban J connectivity index is 2.14. The summed E-state index contributed by atoms with van der Waals surface area (Å²) in [5.41, 5.74) is 0. The third kappa shape index (κ3) is 3.63. The monoisotopic (exact) mass is 186 g/mol. The summed E-state index contributed by atoms with van der Waals surface area (Å²) in [6.45, 7) is 10.7. The first-order valence-corrected chi connectivity index (χ1v) is 5.24. The fourth-order valence-electron chi connectivity index (χ4n) is 1.66. The molecule has 1 fully saturated rings. The van der Waals surface area contributed by atoms with Gasteiger partial charge in [0.25, 0.3) is 0 Å². The predicted octanol–water partition coefficient (Wildman–Crippen LogP) is 0.659. The van der Waals surface area contributed by atoms with Gasteiger partial charge in [0.05, 0.1) is 6.61 Å². The lowest BCUT2D eigenvalue weighted by Gasteiger charge is -2.37. The molecule has 0 bridgehead atoms. The van der Waals surface area contributed by atoms with Crippen LogP contribution in [0.3, 0.4) is 0 Å². The number of hydrogen-bond donors (Lipinski definition) is 0. The van der Waals surface area contributed by atoms with Gasteiger partial charge < -0.3 is 9.64 Å². The third-order valence-electron chi connectivity index (χ3n) is 2.80.